The number of furan rings is 1. The molecule has 0 atom stereocenters. The first-order chi connectivity index (χ1) is 12.7. The van der Waals surface area contributed by atoms with Crippen LogP contribution in [0.15, 0.2) is 47.1 Å². The van der Waals surface area contributed by atoms with Crippen LogP contribution in [-0.2, 0) is 0 Å². The molecule has 0 fully saturated rings. The van der Waals surface area contributed by atoms with Crippen LogP contribution in [0.2, 0.25) is 0 Å². The first kappa shape index (κ1) is 20.5. The molecule has 0 aliphatic carbocycles. The lowest BCUT2D eigenvalue weighted by Crippen LogP contribution is -2.33. The van der Waals surface area contributed by atoms with Gasteiger partial charge >= 0.3 is 6.18 Å². The van der Waals surface area contributed by atoms with Crippen LogP contribution in [0.4, 0.5) is 18.9 Å². The highest BCUT2D eigenvalue weighted by molar-refractivity contribution is 6.02. The summed E-state index contributed by atoms with van der Waals surface area (Å²) in [5, 5.41) is 5.28. The Morgan fingerprint density at radius 2 is 1.81 bits per heavy atom. The maximum atomic E-state index is 12.2. The third kappa shape index (κ3) is 7.14. The predicted molar refractivity (Wildman–Crippen MR) is 93.6 cm³/mol. The number of nitrogens with zero attached hydrogens (tertiary/aromatic N) is 1. The van der Waals surface area contributed by atoms with E-state index in [9.17, 15) is 22.8 Å². The van der Waals surface area contributed by atoms with Crippen LogP contribution in [0, 0.1) is 0 Å². The molecule has 1 heterocycles. The van der Waals surface area contributed by atoms with Gasteiger partial charge in [0.25, 0.3) is 11.8 Å². The quantitative estimate of drug-likeness (QED) is 0.687. The summed E-state index contributed by atoms with van der Waals surface area (Å²) in [6, 6.07) is 9.37. The van der Waals surface area contributed by atoms with Gasteiger partial charge in [-0.15, -0.1) is 0 Å². The second-order valence-electron chi connectivity index (χ2n) is 5.97. The zero-order chi connectivity index (χ0) is 19.9. The first-order valence-electron chi connectivity index (χ1n) is 8.23. The molecule has 0 unspecified atom stereocenters. The summed E-state index contributed by atoms with van der Waals surface area (Å²) in [5.74, 6) is -0.565. The summed E-state index contributed by atoms with van der Waals surface area (Å²) in [5.41, 5.74) is 0.886. The fraction of sp³-hybridized carbons (Fsp3) is 0.333. The number of halogens is 3. The molecule has 2 rings (SSSR count). The van der Waals surface area contributed by atoms with Crippen LogP contribution >= 0.6 is 0 Å². The molecule has 1 aromatic heterocycles. The fourth-order valence-corrected chi connectivity index (χ4v) is 2.34. The number of anilines is 1. The molecular formula is C18H20F3N3O3. The van der Waals surface area contributed by atoms with E-state index in [1.165, 1.54) is 19.4 Å². The number of benzene rings is 1. The van der Waals surface area contributed by atoms with Gasteiger partial charge in [0.1, 0.15) is 0 Å². The molecule has 0 bridgehead atoms. The molecular weight excluding hydrogens is 363 g/mol. The molecule has 2 aromatic rings. The summed E-state index contributed by atoms with van der Waals surface area (Å²) in [6.07, 6.45) is -2.44. The number of carbonyl (C=O) groups excluding carboxylic acids is 2. The van der Waals surface area contributed by atoms with Crippen molar-refractivity contribution >= 4 is 17.5 Å². The summed E-state index contributed by atoms with van der Waals surface area (Å²) < 4.78 is 41.6. The monoisotopic (exact) mass is 383 g/mol. The molecule has 146 valence electrons. The standard InChI is InChI=1S/C18H20F3N3O3/c1-24(12-18(19,20)21)10-3-9-22-16(25)13-5-7-14(8-6-13)23-17(26)15-4-2-11-27-15/h2,4-8,11H,3,9-10,12H2,1H3,(H,22,25)(H,23,26). The number of amides is 2. The van der Waals surface area contributed by atoms with Gasteiger partial charge in [0.05, 0.1) is 12.8 Å². The Morgan fingerprint density at radius 3 is 2.41 bits per heavy atom. The number of alkyl halides is 3. The molecule has 2 amide bonds. The van der Waals surface area contributed by atoms with Crippen LogP contribution in [0.5, 0.6) is 0 Å². The maximum Gasteiger partial charge on any atom is 0.401 e. The van der Waals surface area contributed by atoms with Gasteiger partial charge in [0, 0.05) is 17.8 Å². The van der Waals surface area contributed by atoms with Crippen molar-refractivity contribution in [2.24, 2.45) is 0 Å². The van der Waals surface area contributed by atoms with Crippen molar-refractivity contribution in [3.8, 4) is 0 Å². The zero-order valence-electron chi connectivity index (χ0n) is 14.7. The third-order valence-electron chi connectivity index (χ3n) is 3.60. The molecule has 0 aliphatic heterocycles. The molecule has 6 nitrogen and oxygen atoms in total. The van der Waals surface area contributed by atoms with Crippen LogP contribution in [-0.4, -0.2) is 49.6 Å². The van der Waals surface area contributed by atoms with E-state index in [0.717, 1.165) is 4.90 Å². The summed E-state index contributed by atoms with van der Waals surface area (Å²) in [7, 11) is 1.38. The van der Waals surface area contributed by atoms with Crippen LogP contribution < -0.4 is 10.6 Å². The van der Waals surface area contributed by atoms with E-state index in [1.54, 1.807) is 30.3 Å². The second-order valence-corrected chi connectivity index (χ2v) is 5.97. The molecule has 0 spiro atoms. The van der Waals surface area contributed by atoms with Gasteiger partial charge in [-0.3, -0.25) is 14.5 Å². The molecule has 0 aliphatic rings. The van der Waals surface area contributed by atoms with Crippen LogP contribution in [0.25, 0.3) is 0 Å². The SMILES string of the molecule is CN(CCCNC(=O)c1ccc(NC(=O)c2ccco2)cc1)CC(F)(F)F. The van der Waals surface area contributed by atoms with E-state index >= 15 is 0 Å². The van der Waals surface area contributed by atoms with Crippen molar-refractivity contribution in [2.45, 2.75) is 12.6 Å². The average Bonchev–Trinajstić information content (AvgIpc) is 3.12. The van der Waals surface area contributed by atoms with Crippen molar-refractivity contribution < 1.29 is 27.2 Å². The van der Waals surface area contributed by atoms with Crippen molar-refractivity contribution in [2.75, 3.05) is 32.0 Å². The fourth-order valence-electron chi connectivity index (χ4n) is 2.34. The third-order valence-corrected chi connectivity index (χ3v) is 3.60. The first-order valence-corrected chi connectivity index (χ1v) is 8.23. The normalized spacial score (nSPS) is 11.4. The van der Waals surface area contributed by atoms with Crippen molar-refractivity contribution in [1.29, 1.82) is 0 Å². The second kappa shape index (κ2) is 9.22. The van der Waals surface area contributed by atoms with E-state index in [2.05, 4.69) is 10.6 Å². The lowest BCUT2D eigenvalue weighted by atomic mass is 10.2. The van der Waals surface area contributed by atoms with Crippen molar-refractivity contribution in [3.63, 3.8) is 0 Å². The van der Waals surface area contributed by atoms with Gasteiger partial charge in [0.2, 0.25) is 0 Å². The Kier molecular flexibility index (Phi) is 7.00. The van der Waals surface area contributed by atoms with Gasteiger partial charge in [-0.25, -0.2) is 0 Å². The Labute approximate surface area is 154 Å². The largest absolute Gasteiger partial charge is 0.459 e. The average molecular weight is 383 g/mol. The number of hydrogen-bond acceptors (Lipinski definition) is 4. The van der Waals surface area contributed by atoms with Gasteiger partial charge in [-0.05, 0) is 56.4 Å². The highest BCUT2D eigenvalue weighted by atomic mass is 19.4. The van der Waals surface area contributed by atoms with E-state index < -0.39 is 18.6 Å². The number of carbonyl (C=O) groups is 2. The Hall–Kier alpha value is -2.81. The minimum absolute atomic E-state index is 0.173. The van der Waals surface area contributed by atoms with Gasteiger partial charge in [-0.2, -0.15) is 13.2 Å². The smallest absolute Gasteiger partial charge is 0.401 e. The van der Waals surface area contributed by atoms with Gasteiger partial charge < -0.3 is 15.1 Å². The molecule has 0 saturated carbocycles. The zero-order valence-corrected chi connectivity index (χ0v) is 14.7. The van der Waals surface area contributed by atoms with E-state index in [0.29, 0.717) is 17.7 Å². The Bertz CT molecular complexity index is 743. The number of hydrogen-bond donors (Lipinski definition) is 2. The minimum atomic E-state index is -4.23. The van der Waals surface area contributed by atoms with Crippen LogP contribution in [0.1, 0.15) is 27.3 Å². The predicted octanol–water partition coefficient (Wildman–Crippen LogP) is 3.15. The van der Waals surface area contributed by atoms with E-state index in [4.69, 9.17) is 4.42 Å². The maximum absolute atomic E-state index is 12.2. The Balaban J connectivity index is 1.74. The highest BCUT2D eigenvalue weighted by Crippen LogP contribution is 2.15. The Morgan fingerprint density at radius 1 is 1.11 bits per heavy atom. The molecule has 1 aromatic carbocycles. The summed E-state index contributed by atoms with van der Waals surface area (Å²) in [4.78, 5) is 25.0. The molecule has 2 N–H and O–H groups in total. The van der Waals surface area contributed by atoms with Gasteiger partial charge in [-0.1, -0.05) is 0 Å². The molecule has 0 saturated heterocycles. The lowest BCUT2D eigenvalue weighted by molar-refractivity contribution is -0.143. The number of rotatable bonds is 8. The lowest BCUT2D eigenvalue weighted by Gasteiger charge is -2.18. The highest BCUT2D eigenvalue weighted by Gasteiger charge is 2.28. The topological polar surface area (TPSA) is 74.6 Å². The van der Waals surface area contributed by atoms with E-state index in [1.807, 2.05) is 0 Å². The molecule has 9 heteroatoms. The van der Waals surface area contributed by atoms with Gasteiger partial charge in [0.15, 0.2) is 5.76 Å². The summed E-state index contributed by atoms with van der Waals surface area (Å²) >= 11 is 0. The van der Waals surface area contributed by atoms with Crippen LogP contribution in [0.3, 0.4) is 0 Å². The van der Waals surface area contributed by atoms with E-state index in [-0.39, 0.29) is 24.8 Å². The molecule has 0 radical (unpaired) electrons. The van der Waals surface area contributed by atoms with Crippen molar-refractivity contribution in [3.05, 3.63) is 54.0 Å². The number of nitrogens with one attached hydrogen (secondary N) is 2. The van der Waals surface area contributed by atoms with Crippen molar-refractivity contribution in [1.82, 2.24) is 10.2 Å². The summed E-state index contributed by atoms with van der Waals surface area (Å²) in [6.45, 7) is -0.498. The minimum Gasteiger partial charge on any atom is -0.459 e. The molecule has 27 heavy (non-hydrogen) atoms.